The van der Waals surface area contributed by atoms with Crippen molar-refractivity contribution in [3.05, 3.63) is 29.8 Å². The van der Waals surface area contributed by atoms with Crippen molar-refractivity contribution < 1.29 is 9.47 Å². The van der Waals surface area contributed by atoms with Crippen LogP contribution < -0.4 is 10.1 Å². The molecule has 0 amide bonds. The van der Waals surface area contributed by atoms with Gasteiger partial charge in [-0.25, -0.2) is 0 Å². The van der Waals surface area contributed by atoms with Crippen LogP contribution in [0.5, 0.6) is 5.75 Å². The van der Waals surface area contributed by atoms with Gasteiger partial charge >= 0.3 is 0 Å². The molecule has 3 heteroatoms. The number of hydrogen-bond acceptors (Lipinski definition) is 3. The Morgan fingerprint density at radius 1 is 1.31 bits per heavy atom. The standard InChI is InChI=1S/C13H21NO2/c1-3-16-9-5-8-14-11-12-6-4-7-13(10-12)15-2/h4,6-7,10,14H,3,5,8-9,11H2,1-2H3. The molecule has 0 radical (unpaired) electrons. The fourth-order valence-electron chi connectivity index (χ4n) is 1.46. The summed E-state index contributed by atoms with van der Waals surface area (Å²) in [6.45, 7) is 5.52. The smallest absolute Gasteiger partial charge is 0.119 e. The molecule has 0 aliphatic rings. The molecule has 0 aliphatic heterocycles. The van der Waals surface area contributed by atoms with Gasteiger partial charge in [-0.1, -0.05) is 12.1 Å². The largest absolute Gasteiger partial charge is 0.497 e. The van der Waals surface area contributed by atoms with Crippen molar-refractivity contribution in [2.45, 2.75) is 19.9 Å². The molecule has 0 heterocycles. The van der Waals surface area contributed by atoms with Crippen molar-refractivity contribution in [3.63, 3.8) is 0 Å². The van der Waals surface area contributed by atoms with Crippen LogP contribution in [0.15, 0.2) is 24.3 Å². The first-order chi connectivity index (χ1) is 7.86. The number of nitrogens with one attached hydrogen (secondary N) is 1. The summed E-state index contributed by atoms with van der Waals surface area (Å²) in [5, 5.41) is 3.38. The lowest BCUT2D eigenvalue weighted by Crippen LogP contribution is -2.16. The van der Waals surface area contributed by atoms with Crippen molar-refractivity contribution in [1.29, 1.82) is 0 Å². The van der Waals surface area contributed by atoms with Crippen LogP contribution >= 0.6 is 0 Å². The highest BCUT2D eigenvalue weighted by molar-refractivity contribution is 5.28. The van der Waals surface area contributed by atoms with Gasteiger partial charge in [0.1, 0.15) is 5.75 Å². The molecule has 0 saturated carbocycles. The Kier molecular flexibility index (Phi) is 6.61. The maximum atomic E-state index is 5.26. The van der Waals surface area contributed by atoms with E-state index in [0.717, 1.165) is 38.5 Å². The molecule has 0 unspecified atom stereocenters. The van der Waals surface area contributed by atoms with Crippen molar-refractivity contribution in [3.8, 4) is 5.75 Å². The Hall–Kier alpha value is -1.06. The van der Waals surface area contributed by atoms with Crippen LogP contribution in [0.25, 0.3) is 0 Å². The molecule has 1 N–H and O–H groups in total. The number of ether oxygens (including phenoxy) is 2. The van der Waals surface area contributed by atoms with E-state index in [4.69, 9.17) is 9.47 Å². The molecular formula is C13H21NO2. The Morgan fingerprint density at radius 3 is 2.94 bits per heavy atom. The summed E-state index contributed by atoms with van der Waals surface area (Å²) in [7, 11) is 1.69. The fraction of sp³-hybridized carbons (Fsp3) is 0.538. The molecular weight excluding hydrogens is 202 g/mol. The maximum Gasteiger partial charge on any atom is 0.119 e. The van der Waals surface area contributed by atoms with E-state index in [9.17, 15) is 0 Å². The molecule has 0 aromatic heterocycles. The Balaban J connectivity index is 2.16. The molecule has 1 aromatic rings. The molecule has 0 atom stereocenters. The summed E-state index contributed by atoms with van der Waals surface area (Å²) in [5.41, 5.74) is 1.25. The fourth-order valence-corrected chi connectivity index (χ4v) is 1.46. The lowest BCUT2D eigenvalue weighted by Gasteiger charge is -2.06. The van der Waals surface area contributed by atoms with Gasteiger partial charge in [0.05, 0.1) is 7.11 Å². The molecule has 0 bridgehead atoms. The summed E-state index contributed by atoms with van der Waals surface area (Å²) in [4.78, 5) is 0. The Labute approximate surface area is 97.8 Å². The average Bonchev–Trinajstić information content (AvgIpc) is 2.34. The van der Waals surface area contributed by atoms with E-state index in [1.807, 2.05) is 19.1 Å². The molecule has 3 nitrogen and oxygen atoms in total. The Bertz CT molecular complexity index is 289. The highest BCUT2D eigenvalue weighted by Crippen LogP contribution is 2.11. The van der Waals surface area contributed by atoms with Gasteiger partial charge in [0.15, 0.2) is 0 Å². The molecule has 16 heavy (non-hydrogen) atoms. The van der Waals surface area contributed by atoms with Gasteiger partial charge in [-0.3, -0.25) is 0 Å². The monoisotopic (exact) mass is 223 g/mol. The maximum absolute atomic E-state index is 5.26. The van der Waals surface area contributed by atoms with E-state index < -0.39 is 0 Å². The van der Waals surface area contributed by atoms with Crippen LogP contribution in [0.1, 0.15) is 18.9 Å². The molecule has 0 spiro atoms. The van der Waals surface area contributed by atoms with Gasteiger partial charge in [0, 0.05) is 19.8 Å². The molecule has 1 aromatic carbocycles. The van der Waals surface area contributed by atoms with Gasteiger partial charge < -0.3 is 14.8 Å². The summed E-state index contributed by atoms with van der Waals surface area (Å²) < 4.78 is 10.4. The van der Waals surface area contributed by atoms with E-state index in [1.54, 1.807) is 7.11 Å². The van der Waals surface area contributed by atoms with Gasteiger partial charge in [-0.2, -0.15) is 0 Å². The van der Waals surface area contributed by atoms with Crippen LogP contribution in [0.2, 0.25) is 0 Å². The number of benzene rings is 1. The van der Waals surface area contributed by atoms with Crippen LogP contribution in [-0.4, -0.2) is 26.9 Å². The van der Waals surface area contributed by atoms with Gasteiger partial charge in [-0.05, 0) is 37.6 Å². The molecule has 0 saturated heterocycles. The van der Waals surface area contributed by atoms with Crippen LogP contribution in [0, 0.1) is 0 Å². The van der Waals surface area contributed by atoms with E-state index in [2.05, 4.69) is 17.4 Å². The van der Waals surface area contributed by atoms with E-state index >= 15 is 0 Å². The lowest BCUT2D eigenvalue weighted by atomic mass is 10.2. The predicted octanol–water partition coefficient (Wildman–Crippen LogP) is 2.21. The summed E-state index contributed by atoms with van der Waals surface area (Å²) in [6.07, 6.45) is 1.05. The van der Waals surface area contributed by atoms with Crippen LogP contribution in [0.3, 0.4) is 0 Å². The minimum absolute atomic E-state index is 0.801. The van der Waals surface area contributed by atoms with Crippen molar-refractivity contribution >= 4 is 0 Å². The molecule has 0 fully saturated rings. The molecule has 1 rings (SSSR count). The minimum Gasteiger partial charge on any atom is -0.497 e. The summed E-state index contributed by atoms with van der Waals surface area (Å²) in [5.74, 6) is 0.911. The third kappa shape index (κ3) is 5.14. The molecule has 90 valence electrons. The topological polar surface area (TPSA) is 30.5 Å². The summed E-state index contributed by atoms with van der Waals surface area (Å²) >= 11 is 0. The van der Waals surface area contributed by atoms with Crippen molar-refractivity contribution in [2.75, 3.05) is 26.9 Å². The predicted molar refractivity (Wildman–Crippen MR) is 65.8 cm³/mol. The lowest BCUT2D eigenvalue weighted by molar-refractivity contribution is 0.144. The van der Waals surface area contributed by atoms with Gasteiger partial charge in [-0.15, -0.1) is 0 Å². The van der Waals surface area contributed by atoms with Crippen molar-refractivity contribution in [1.82, 2.24) is 5.32 Å². The highest BCUT2D eigenvalue weighted by atomic mass is 16.5. The molecule has 0 aliphatic carbocycles. The minimum atomic E-state index is 0.801. The number of methoxy groups -OCH3 is 1. The normalized spacial score (nSPS) is 10.4. The van der Waals surface area contributed by atoms with Gasteiger partial charge in [0.25, 0.3) is 0 Å². The zero-order chi connectivity index (χ0) is 11.6. The third-order valence-electron chi connectivity index (χ3n) is 2.31. The SMILES string of the molecule is CCOCCCNCc1cccc(OC)c1. The van der Waals surface area contributed by atoms with E-state index in [0.29, 0.717) is 0 Å². The third-order valence-corrected chi connectivity index (χ3v) is 2.31. The average molecular weight is 223 g/mol. The second-order valence-corrected chi connectivity index (χ2v) is 3.58. The van der Waals surface area contributed by atoms with E-state index in [1.165, 1.54) is 5.56 Å². The number of hydrogen-bond donors (Lipinski definition) is 1. The first-order valence-electron chi connectivity index (χ1n) is 5.78. The zero-order valence-electron chi connectivity index (χ0n) is 10.2. The second-order valence-electron chi connectivity index (χ2n) is 3.58. The highest BCUT2D eigenvalue weighted by Gasteiger charge is 1.95. The van der Waals surface area contributed by atoms with Crippen LogP contribution in [0.4, 0.5) is 0 Å². The number of rotatable bonds is 8. The summed E-state index contributed by atoms with van der Waals surface area (Å²) in [6, 6.07) is 8.11. The van der Waals surface area contributed by atoms with Crippen LogP contribution in [-0.2, 0) is 11.3 Å². The first kappa shape index (κ1) is 13.0. The van der Waals surface area contributed by atoms with Crippen molar-refractivity contribution in [2.24, 2.45) is 0 Å². The zero-order valence-corrected chi connectivity index (χ0v) is 10.2. The first-order valence-corrected chi connectivity index (χ1v) is 5.78. The second kappa shape index (κ2) is 8.13. The Morgan fingerprint density at radius 2 is 2.19 bits per heavy atom. The quantitative estimate of drug-likeness (QED) is 0.685. The van der Waals surface area contributed by atoms with Gasteiger partial charge in [0.2, 0.25) is 0 Å². The van der Waals surface area contributed by atoms with E-state index in [-0.39, 0.29) is 0 Å².